The standard InChI is InChI=1S/C26H30N2O2.C2H6/c1-18-15-24(25(28-18)22-9-6-10-23(16-22)30-2)26(29)27-17-19-11-13-21(14-12-19)20-7-4-3-5-8-20;1-2/h3-10,15-16,19,21,28H,11-14,17H2,1-2H3,(H,27,29);1-2H3. The van der Waals surface area contributed by atoms with Crippen LogP contribution in [0.5, 0.6) is 5.75 Å². The van der Waals surface area contributed by atoms with Gasteiger partial charge in [0.2, 0.25) is 0 Å². The Balaban J connectivity index is 0.00000141. The lowest BCUT2D eigenvalue weighted by molar-refractivity contribution is 0.0943. The highest BCUT2D eigenvalue weighted by atomic mass is 16.5. The first-order chi connectivity index (χ1) is 15.6. The summed E-state index contributed by atoms with van der Waals surface area (Å²) in [6.45, 7) is 6.72. The van der Waals surface area contributed by atoms with Gasteiger partial charge in [-0.25, -0.2) is 0 Å². The third-order valence-corrected chi connectivity index (χ3v) is 6.22. The summed E-state index contributed by atoms with van der Waals surface area (Å²) in [7, 11) is 1.65. The SMILES string of the molecule is CC.COc1cccc(-c2[nH]c(C)cc2C(=O)NCC2CCC(c3ccccc3)CC2)c1. The van der Waals surface area contributed by atoms with Gasteiger partial charge in [-0.05, 0) is 68.2 Å². The van der Waals surface area contributed by atoms with E-state index in [2.05, 4.69) is 40.6 Å². The fourth-order valence-electron chi connectivity index (χ4n) is 4.53. The van der Waals surface area contributed by atoms with Crippen LogP contribution in [0.2, 0.25) is 0 Å². The molecule has 1 heterocycles. The number of aromatic amines is 1. The van der Waals surface area contributed by atoms with Crippen molar-refractivity contribution in [2.45, 2.75) is 52.4 Å². The van der Waals surface area contributed by atoms with E-state index in [0.29, 0.717) is 17.4 Å². The minimum Gasteiger partial charge on any atom is -0.497 e. The Morgan fingerprint density at radius 1 is 1.00 bits per heavy atom. The minimum atomic E-state index is -0.0117. The van der Waals surface area contributed by atoms with Gasteiger partial charge in [0.25, 0.3) is 5.91 Å². The number of H-pyrrole nitrogens is 1. The van der Waals surface area contributed by atoms with Crippen LogP contribution in [0.3, 0.4) is 0 Å². The second kappa shape index (κ2) is 11.6. The summed E-state index contributed by atoms with van der Waals surface area (Å²) < 4.78 is 5.34. The molecule has 0 bridgehead atoms. The van der Waals surface area contributed by atoms with Gasteiger partial charge in [-0.3, -0.25) is 4.79 Å². The van der Waals surface area contributed by atoms with Crippen LogP contribution in [0, 0.1) is 12.8 Å². The number of hydrogen-bond donors (Lipinski definition) is 2. The quantitative estimate of drug-likeness (QED) is 0.454. The maximum atomic E-state index is 13.0. The molecule has 3 aromatic rings. The van der Waals surface area contributed by atoms with Crippen molar-refractivity contribution in [3.05, 3.63) is 77.5 Å². The number of rotatable bonds is 6. The van der Waals surface area contributed by atoms with Crippen molar-refractivity contribution < 1.29 is 9.53 Å². The Labute approximate surface area is 192 Å². The monoisotopic (exact) mass is 432 g/mol. The highest BCUT2D eigenvalue weighted by Crippen LogP contribution is 2.35. The van der Waals surface area contributed by atoms with Gasteiger partial charge in [0.15, 0.2) is 0 Å². The molecule has 0 unspecified atom stereocenters. The van der Waals surface area contributed by atoms with E-state index in [1.807, 2.05) is 51.1 Å². The summed E-state index contributed by atoms with van der Waals surface area (Å²) in [4.78, 5) is 16.3. The number of nitrogens with one attached hydrogen (secondary N) is 2. The second-order valence-corrected chi connectivity index (χ2v) is 8.31. The molecule has 0 spiro atoms. The number of amides is 1. The molecule has 0 atom stereocenters. The molecule has 0 radical (unpaired) electrons. The molecule has 1 saturated carbocycles. The van der Waals surface area contributed by atoms with E-state index in [1.165, 1.54) is 18.4 Å². The molecule has 32 heavy (non-hydrogen) atoms. The highest BCUT2D eigenvalue weighted by molar-refractivity contribution is 6.00. The van der Waals surface area contributed by atoms with Gasteiger partial charge in [0, 0.05) is 17.8 Å². The number of carbonyl (C=O) groups is 1. The van der Waals surface area contributed by atoms with E-state index in [9.17, 15) is 4.79 Å². The molecule has 4 nitrogen and oxygen atoms in total. The van der Waals surface area contributed by atoms with Crippen LogP contribution in [-0.4, -0.2) is 24.5 Å². The van der Waals surface area contributed by atoms with Crippen LogP contribution in [-0.2, 0) is 0 Å². The molecule has 4 rings (SSSR count). The van der Waals surface area contributed by atoms with E-state index < -0.39 is 0 Å². The molecule has 2 N–H and O–H groups in total. The fourth-order valence-corrected chi connectivity index (χ4v) is 4.53. The Hall–Kier alpha value is -3.01. The number of hydrogen-bond acceptors (Lipinski definition) is 2. The van der Waals surface area contributed by atoms with Crippen LogP contribution >= 0.6 is 0 Å². The lowest BCUT2D eigenvalue weighted by Gasteiger charge is -2.29. The lowest BCUT2D eigenvalue weighted by Crippen LogP contribution is -2.31. The van der Waals surface area contributed by atoms with Crippen LogP contribution in [0.25, 0.3) is 11.3 Å². The topological polar surface area (TPSA) is 54.1 Å². The first-order valence-electron chi connectivity index (χ1n) is 11.8. The van der Waals surface area contributed by atoms with Crippen LogP contribution in [0.15, 0.2) is 60.7 Å². The third-order valence-electron chi connectivity index (χ3n) is 6.22. The van der Waals surface area contributed by atoms with Crippen molar-refractivity contribution in [2.24, 2.45) is 5.92 Å². The van der Waals surface area contributed by atoms with Crippen molar-refractivity contribution in [2.75, 3.05) is 13.7 Å². The molecule has 2 aromatic carbocycles. The third kappa shape index (κ3) is 5.82. The van der Waals surface area contributed by atoms with Gasteiger partial charge in [-0.2, -0.15) is 0 Å². The van der Waals surface area contributed by atoms with E-state index in [1.54, 1.807) is 7.11 Å². The molecule has 1 aliphatic rings. The summed E-state index contributed by atoms with van der Waals surface area (Å²) in [6, 6.07) is 20.5. The van der Waals surface area contributed by atoms with Gasteiger partial charge >= 0.3 is 0 Å². The van der Waals surface area contributed by atoms with E-state index in [-0.39, 0.29) is 5.91 Å². The van der Waals surface area contributed by atoms with Gasteiger partial charge in [0.1, 0.15) is 5.75 Å². The first-order valence-corrected chi connectivity index (χ1v) is 11.8. The average Bonchev–Trinajstić information content (AvgIpc) is 3.26. The van der Waals surface area contributed by atoms with Crippen molar-refractivity contribution in [3.8, 4) is 17.0 Å². The second-order valence-electron chi connectivity index (χ2n) is 8.31. The normalized spacial score (nSPS) is 17.8. The molecular weight excluding hydrogens is 396 g/mol. The largest absolute Gasteiger partial charge is 0.497 e. The summed E-state index contributed by atoms with van der Waals surface area (Å²) in [5, 5.41) is 3.19. The van der Waals surface area contributed by atoms with E-state index in [4.69, 9.17) is 4.74 Å². The van der Waals surface area contributed by atoms with Crippen molar-refractivity contribution >= 4 is 5.91 Å². The number of aromatic nitrogens is 1. The number of aryl methyl sites for hydroxylation is 1. The van der Waals surface area contributed by atoms with Crippen LogP contribution in [0.4, 0.5) is 0 Å². The highest BCUT2D eigenvalue weighted by Gasteiger charge is 2.23. The molecule has 1 aliphatic carbocycles. The molecule has 4 heteroatoms. The predicted octanol–water partition coefficient (Wildman–Crippen LogP) is 6.73. The van der Waals surface area contributed by atoms with Gasteiger partial charge in [0.05, 0.1) is 18.4 Å². The fraction of sp³-hybridized carbons (Fsp3) is 0.393. The smallest absolute Gasteiger partial charge is 0.253 e. The maximum absolute atomic E-state index is 13.0. The summed E-state index contributed by atoms with van der Waals surface area (Å²) in [5.41, 5.74) is 4.92. The molecular formula is C28H36N2O2. The summed E-state index contributed by atoms with van der Waals surface area (Å²) >= 11 is 0. The molecule has 1 fully saturated rings. The molecule has 170 valence electrons. The van der Waals surface area contributed by atoms with Gasteiger partial charge in [-0.1, -0.05) is 56.3 Å². The Morgan fingerprint density at radius 3 is 2.41 bits per heavy atom. The van der Waals surface area contributed by atoms with Gasteiger partial charge in [-0.15, -0.1) is 0 Å². The van der Waals surface area contributed by atoms with Crippen molar-refractivity contribution in [3.63, 3.8) is 0 Å². The molecule has 1 amide bonds. The zero-order valence-corrected chi connectivity index (χ0v) is 19.8. The number of carbonyl (C=O) groups excluding carboxylic acids is 1. The summed E-state index contributed by atoms with van der Waals surface area (Å²) in [6.07, 6.45) is 4.72. The Kier molecular flexibility index (Phi) is 8.55. The average molecular weight is 433 g/mol. The number of benzene rings is 2. The van der Waals surface area contributed by atoms with Crippen LogP contribution < -0.4 is 10.1 Å². The zero-order valence-electron chi connectivity index (χ0n) is 19.8. The molecule has 0 aliphatic heterocycles. The Bertz CT molecular complexity index is 986. The summed E-state index contributed by atoms with van der Waals surface area (Å²) in [5.74, 6) is 1.97. The zero-order chi connectivity index (χ0) is 22.9. The molecule has 0 saturated heterocycles. The molecule has 1 aromatic heterocycles. The predicted molar refractivity (Wildman–Crippen MR) is 132 cm³/mol. The van der Waals surface area contributed by atoms with Crippen molar-refractivity contribution in [1.82, 2.24) is 10.3 Å². The maximum Gasteiger partial charge on any atom is 0.253 e. The van der Waals surface area contributed by atoms with Gasteiger partial charge < -0.3 is 15.0 Å². The lowest BCUT2D eigenvalue weighted by atomic mass is 9.78. The Morgan fingerprint density at radius 2 is 1.72 bits per heavy atom. The van der Waals surface area contributed by atoms with Crippen molar-refractivity contribution in [1.29, 1.82) is 0 Å². The first kappa shape index (κ1) is 23.6. The number of methoxy groups -OCH3 is 1. The van der Waals surface area contributed by atoms with Crippen LogP contribution in [0.1, 0.15) is 67.1 Å². The van der Waals surface area contributed by atoms with E-state index >= 15 is 0 Å². The number of ether oxygens (including phenoxy) is 1. The minimum absolute atomic E-state index is 0.0117. The van der Waals surface area contributed by atoms with E-state index in [0.717, 1.165) is 42.1 Å².